The van der Waals surface area contributed by atoms with Gasteiger partial charge in [0.1, 0.15) is 6.33 Å². The number of nitrogens with zero attached hydrogens (tertiary/aromatic N) is 5. The summed E-state index contributed by atoms with van der Waals surface area (Å²) in [6.07, 6.45) is -2.95. The van der Waals surface area contributed by atoms with Crippen LogP contribution in [0.1, 0.15) is 22.4 Å². The zero-order chi connectivity index (χ0) is 22.2. The smallest absolute Gasteiger partial charge is 0.298 e. The number of rotatable bonds is 4. The lowest BCUT2D eigenvalue weighted by molar-refractivity contribution is -0.137. The highest BCUT2D eigenvalue weighted by Crippen LogP contribution is 2.33. The van der Waals surface area contributed by atoms with Crippen molar-refractivity contribution in [3.8, 4) is 5.69 Å². The van der Waals surface area contributed by atoms with Crippen molar-refractivity contribution in [1.29, 1.82) is 0 Å². The number of alkyl halides is 3. The number of fused-ring (bicyclic) bond motifs is 1. The first kappa shape index (κ1) is 21.0. The van der Waals surface area contributed by atoms with Crippen molar-refractivity contribution in [2.24, 2.45) is 10.2 Å². The van der Waals surface area contributed by atoms with Crippen LogP contribution in [0, 0.1) is 13.8 Å². The van der Waals surface area contributed by atoms with Crippen molar-refractivity contribution in [3.05, 3.63) is 82.3 Å². The highest BCUT2D eigenvalue weighted by molar-refractivity contribution is 6.30. The Kier molecular flexibility index (Phi) is 5.49. The van der Waals surface area contributed by atoms with Gasteiger partial charge in [-0.3, -0.25) is 4.57 Å². The largest absolute Gasteiger partial charge is 0.416 e. The van der Waals surface area contributed by atoms with Gasteiger partial charge in [0.25, 0.3) is 0 Å². The zero-order valence-electron chi connectivity index (χ0n) is 16.7. The number of hydrogen-bond acceptors (Lipinski definition) is 4. The maximum Gasteiger partial charge on any atom is 0.416 e. The fraction of sp³-hybridized carbons (Fsp3) is 0.182. The fourth-order valence-corrected chi connectivity index (χ4v) is 3.55. The summed E-state index contributed by atoms with van der Waals surface area (Å²) in [7, 11) is 0. The van der Waals surface area contributed by atoms with Crippen LogP contribution in [0.3, 0.4) is 0 Å². The lowest BCUT2D eigenvalue weighted by atomic mass is 10.1. The van der Waals surface area contributed by atoms with Gasteiger partial charge in [-0.2, -0.15) is 18.3 Å². The third-order valence-corrected chi connectivity index (χ3v) is 5.27. The third kappa shape index (κ3) is 4.16. The van der Waals surface area contributed by atoms with Gasteiger partial charge in [-0.1, -0.05) is 29.8 Å². The van der Waals surface area contributed by atoms with Crippen molar-refractivity contribution in [2.75, 3.05) is 0 Å². The first-order chi connectivity index (χ1) is 14.8. The summed E-state index contributed by atoms with van der Waals surface area (Å²) in [5.74, 6) is 0.401. The Balaban J connectivity index is 1.67. The number of halogens is 4. The van der Waals surface area contributed by atoms with E-state index in [9.17, 15) is 13.2 Å². The van der Waals surface area contributed by atoms with E-state index in [0.29, 0.717) is 22.1 Å². The van der Waals surface area contributed by atoms with Gasteiger partial charge in [0.2, 0.25) is 0 Å². The molecule has 2 aromatic carbocycles. The summed E-state index contributed by atoms with van der Waals surface area (Å²) >= 11 is 6.16. The fourth-order valence-electron chi connectivity index (χ4n) is 3.37. The number of aryl methyl sites for hydroxylation is 1. The summed E-state index contributed by atoms with van der Waals surface area (Å²) in [5.41, 5.74) is 3.40. The lowest BCUT2D eigenvalue weighted by Gasteiger charge is -2.08. The van der Waals surface area contributed by atoms with E-state index in [2.05, 4.69) is 20.2 Å². The molecule has 4 aromatic rings. The minimum Gasteiger partial charge on any atom is -0.298 e. The van der Waals surface area contributed by atoms with Crippen molar-refractivity contribution < 1.29 is 13.2 Å². The molecule has 0 radical (unpaired) electrons. The first-order valence-electron chi connectivity index (χ1n) is 9.38. The molecule has 0 aliphatic carbocycles. The van der Waals surface area contributed by atoms with Gasteiger partial charge in [-0.15, -0.1) is 5.11 Å². The molecule has 0 atom stereocenters. The molecular formula is C22H17ClF3N5. The molecule has 0 unspecified atom stereocenters. The average Bonchev–Trinajstić information content (AvgIpc) is 2.99. The Labute approximate surface area is 181 Å². The van der Waals surface area contributed by atoms with E-state index in [-0.39, 0.29) is 6.54 Å². The molecule has 0 bridgehead atoms. The monoisotopic (exact) mass is 443 g/mol. The quantitative estimate of drug-likeness (QED) is 0.319. The molecule has 9 heteroatoms. The Bertz CT molecular complexity index is 1280. The zero-order valence-corrected chi connectivity index (χ0v) is 17.4. The molecule has 5 nitrogen and oxygen atoms in total. The second-order valence-corrected chi connectivity index (χ2v) is 7.45. The topological polar surface area (TPSA) is 55.4 Å². The van der Waals surface area contributed by atoms with Gasteiger partial charge in [0, 0.05) is 16.4 Å². The predicted octanol–water partition coefficient (Wildman–Crippen LogP) is 6.99. The standard InChI is InChI=1S/C22H17ClF3N5/c1-13-14(2)31(18-5-3-4-17(23)10-18)21-19(13)20(27-12-28-21)30-29-11-15-6-8-16(9-7-15)22(24,25)26/h3-10,12H,11H2,1-2H3. The molecule has 0 saturated heterocycles. The Morgan fingerprint density at radius 1 is 1.03 bits per heavy atom. The van der Waals surface area contributed by atoms with E-state index < -0.39 is 11.7 Å². The van der Waals surface area contributed by atoms with E-state index in [1.807, 2.05) is 36.6 Å². The highest BCUT2D eigenvalue weighted by atomic mass is 35.5. The minimum atomic E-state index is -4.36. The molecule has 31 heavy (non-hydrogen) atoms. The molecular weight excluding hydrogens is 427 g/mol. The molecule has 0 fully saturated rings. The molecule has 158 valence electrons. The summed E-state index contributed by atoms with van der Waals surface area (Å²) in [6, 6.07) is 12.3. The van der Waals surface area contributed by atoms with Crippen molar-refractivity contribution in [3.63, 3.8) is 0 Å². The van der Waals surface area contributed by atoms with Crippen LogP contribution in [0.2, 0.25) is 5.02 Å². The van der Waals surface area contributed by atoms with Crippen LogP contribution in [0.4, 0.5) is 19.0 Å². The molecule has 2 aromatic heterocycles. The van der Waals surface area contributed by atoms with Gasteiger partial charge >= 0.3 is 6.18 Å². The summed E-state index contributed by atoms with van der Waals surface area (Å²) in [6.45, 7) is 4.06. The normalized spacial score (nSPS) is 12.2. The molecule has 0 spiro atoms. The van der Waals surface area contributed by atoms with E-state index in [1.165, 1.54) is 18.5 Å². The Morgan fingerprint density at radius 3 is 2.45 bits per heavy atom. The SMILES string of the molecule is Cc1c(C)n(-c2cccc(Cl)c2)c2ncnc(N=NCc3ccc(C(F)(F)F)cc3)c12. The van der Waals surface area contributed by atoms with Crippen LogP contribution >= 0.6 is 11.6 Å². The molecule has 0 saturated carbocycles. The molecule has 0 N–H and O–H groups in total. The van der Waals surface area contributed by atoms with Gasteiger partial charge in [0.05, 0.1) is 17.5 Å². The van der Waals surface area contributed by atoms with E-state index in [4.69, 9.17) is 11.6 Å². The molecule has 2 heterocycles. The number of hydrogen-bond donors (Lipinski definition) is 0. The van der Waals surface area contributed by atoms with Gasteiger partial charge in [-0.05, 0) is 55.3 Å². The van der Waals surface area contributed by atoms with Crippen LogP contribution in [0.25, 0.3) is 16.7 Å². The molecule has 0 aliphatic heterocycles. The predicted molar refractivity (Wildman–Crippen MR) is 113 cm³/mol. The number of aromatic nitrogens is 3. The number of azo groups is 1. The van der Waals surface area contributed by atoms with Gasteiger partial charge in [0.15, 0.2) is 11.5 Å². The first-order valence-corrected chi connectivity index (χ1v) is 9.75. The van der Waals surface area contributed by atoms with E-state index in [1.54, 1.807) is 6.07 Å². The summed E-state index contributed by atoms with van der Waals surface area (Å²) in [4.78, 5) is 8.68. The maximum atomic E-state index is 12.7. The molecule has 4 rings (SSSR count). The van der Waals surface area contributed by atoms with Crippen LogP contribution in [0.5, 0.6) is 0 Å². The average molecular weight is 444 g/mol. The summed E-state index contributed by atoms with van der Waals surface area (Å²) < 4.78 is 40.1. The van der Waals surface area contributed by atoms with Crippen LogP contribution in [-0.4, -0.2) is 14.5 Å². The van der Waals surface area contributed by atoms with Gasteiger partial charge in [-0.25, -0.2) is 9.97 Å². The minimum absolute atomic E-state index is 0.136. The lowest BCUT2D eigenvalue weighted by Crippen LogP contribution is -2.04. The Hall–Kier alpha value is -3.26. The second-order valence-electron chi connectivity index (χ2n) is 7.02. The molecule has 0 amide bonds. The molecule has 0 aliphatic rings. The van der Waals surface area contributed by atoms with Crippen LogP contribution in [-0.2, 0) is 12.7 Å². The highest BCUT2D eigenvalue weighted by Gasteiger charge is 2.29. The van der Waals surface area contributed by atoms with Crippen LogP contribution in [0.15, 0.2) is 65.1 Å². The van der Waals surface area contributed by atoms with Gasteiger partial charge < -0.3 is 0 Å². The van der Waals surface area contributed by atoms with E-state index >= 15 is 0 Å². The van der Waals surface area contributed by atoms with Crippen LogP contribution < -0.4 is 0 Å². The van der Waals surface area contributed by atoms with Crippen molar-refractivity contribution >= 4 is 28.5 Å². The Morgan fingerprint density at radius 2 is 1.77 bits per heavy atom. The van der Waals surface area contributed by atoms with Crippen molar-refractivity contribution in [1.82, 2.24) is 14.5 Å². The third-order valence-electron chi connectivity index (χ3n) is 5.04. The van der Waals surface area contributed by atoms with Crippen molar-refractivity contribution in [2.45, 2.75) is 26.6 Å². The van der Waals surface area contributed by atoms with E-state index in [0.717, 1.165) is 34.5 Å². The maximum absolute atomic E-state index is 12.7. The summed E-state index contributed by atoms with van der Waals surface area (Å²) in [5, 5.41) is 9.76. The number of benzene rings is 2. The second kappa shape index (κ2) is 8.11.